The van der Waals surface area contributed by atoms with E-state index in [9.17, 15) is 19.8 Å². The minimum Gasteiger partial charge on any atom is -0.507 e. The number of carbonyl (C=O) groups is 2. The lowest BCUT2D eigenvalue weighted by Crippen LogP contribution is -2.30. The zero-order chi connectivity index (χ0) is 21.0. The van der Waals surface area contributed by atoms with Crippen molar-refractivity contribution in [2.75, 3.05) is 13.7 Å². The van der Waals surface area contributed by atoms with E-state index in [4.69, 9.17) is 4.74 Å². The van der Waals surface area contributed by atoms with Crippen molar-refractivity contribution in [3.8, 4) is 11.5 Å². The van der Waals surface area contributed by atoms with Gasteiger partial charge in [-0.25, -0.2) is 0 Å². The number of hydrogen-bond acceptors (Lipinski definition) is 5. The van der Waals surface area contributed by atoms with Gasteiger partial charge in [0.15, 0.2) is 11.5 Å². The zero-order valence-corrected chi connectivity index (χ0v) is 16.6. The van der Waals surface area contributed by atoms with E-state index >= 15 is 0 Å². The van der Waals surface area contributed by atoms with Gasteiger partial charge in [-0.3, -0.25) is 9.59 Å². The van der Waals surface area contributed by atoms with Crippen molar-refractivity contribution in [1.29, 1.82) is 0 Å². The fraction of sp³-hybridized carbons (Fsp3) is 0.304. The molecule has 1 aliphatic heterocycles. The predicted molar refractivity (Wildman–Crippen MR) is 110 cm³/mol. The first kappa shape index (κ1) is 20.5. The number of methoxy groups -OCH3 is 1. The summed E-state index contributed by atoms with van der Waals surface area (Å²) in [5.74, 6) is -1.38. The molecule has 1 amide bonds. The van der Waals surface area contributed by atoms with Crippen LogP contribution in [-0.2, 0) is 9.59 Å². The maximum Gasteiger partial charge on any atom is 0.295 e. The molecule has 0 aromatic heterocycles. The summed E-state index contributed by atoms with van der Waals surface area (Å²) in [5.41, 5.74) is 1.03. The van der Waals surface area contributed by atoms with Crippen LogP contribution in [0.4, 0.5) is 0 Å². The van der Waals surface area contributed by atoms with Gasteiger partial charge < -0.3 is 19.8 Å². The number of phenols is 1. The van der Waals surface area contributed by atoms with Crippen LogP contribution in [0.3, 0.4) is 0 Å². The third kappa shape index (κ3) is 3.97. The second-order valence-electron chi connectivity index (χ2n) is 7.00. The van der Waals surface area contributed by atoms with Crippen LogP contribution >= 0.6 is 0 Å². The molecule has 6 heteroatoms. The molecule has 0 aliphatic carbocycles. The first-order valence-corrected chi connectivity index (χ1v) is 9.70. The third-order valence-corrected chi connectivity index (χ3v) is 5.11. The number of rotatable bonds is 7. The molecule has 0 bridgehead atoms. The van der Waals surface area contributed by atoms with E-state index in [1.54, 1.807) is 42.5 Å². The van der Waals surface area contributed by atoms with Gasteiger partial charge in [0.25, 0.3) is 11.7 Å². The Morgan fingerprint density at radius 3 is 2.45 bits per heavy atom. The Balaban J connectivity index is 2.13. The highest BCUT2D eigenvalue weighted by molar-refractivity contribution is 6.46. The summed E-state index contributed by atoms with van der Waals surface area (Å²) in [4.78, 5) is 27.1. The second-order valence-corrected chi connectivity index (χ2v) is 7.00. The van der Waals surface area contributed by atoms with Crippen LogP contribution in [0.2, 0.25) is 0 Å². The highest BCUT2D eigenvalue weighted by Crippen LogP contribution is 2.41. The number of aromatic hydroxyl groups is 1. The number of carbonyl (C=O) groups excluding carboxylic acids is 2. The van der Waals surface area contributed by atoms with Crippen LogP contribution in [0.25, 0.3) is 5.76 Å². The Morgan fingerprint density at radius 1 is 1.10 bits per heavy atom. The van der Waals surface area contributed by atoms with E-state index in [1.807, 2.05) is 0 Å². The van der Waals surface area contributed by atoms with E-state index in [0.717, 1.165) is 19.3 Å². The molecule has 1 heterocycles. The Bertz CT molecular complexity index is 936. The van der Waals surface area contributed by atoms with Crippen LogP contribution < -0.4 is 4.74 Å². The van der Waals surface area contributed by atoms with Crippen molar-refractivity contribution >= 4 is 17.4 Å². The van der Waals surface area contributed by atoms with Gasteiger partial charge in [0, 0.05) is 12.1 Å². The van der Waals surface area contributed by atoms with Crippen molar-refractivity contribution in [2.24, 2.45) is 0 Å². The first-order valence-electron chi connectivity index (χ1n) is 9.70. The molecule has 2 N–H and O–H groups in total. The fourth-order valence-corrected chi connectivity index (χ4v) is 3.62. The molecule has 29 heavy (non-hydrogen) atoms. The molecular formula is C23H25NO5. The summed E-state index contributed by atoms with van der Waals surface area (Å²) in [6.45, 7) is 2.45. The van der Waals surface area contributed by atoms with Gasteiger partial charge in [-0.2, -0.15) is 0 Å². The van der Waals surface area contributed by atoms with Gasteiger partial charge in [0.05, 0.1) is 18.7 Å². The quantitative estimate of drug-likeness (QED) is 0.320. The van der Waals surface area contributed by atoms with Crippen LogP contribution in [-0.4, -0.2) is 40.5 Å². The van der Waals surface area contributed by atoms with Crippen LogP contribution in [0.15, 0.2) is 54.1 Å². The molecule has 1 unspecified atom stereocenters. The van der Waals surface area contributed by atoms with Gasteiger partial charge in [-0.05, 0) is 24.1 Å². The third-order valence-electron chi connectivity index (χ3n) is 5.11. The monoisotopic (exact) mass is 395 g/mol. The van der Waals surface area contributed by atoms with Crippen molar-refractivity contribution < 1.29 is 24.5 Å². The highest BCUT2D eigenvalue weighted by atomic mass is 16.5. The Labute approximate surface area is 170 Å². The van der Waals surface area contributed by atoms with E-state index in [0.29, 0.717) is 23.4 Å². The molecule has 0 spiro atoms. The van der Waals surface area contributed by atoms with Gasteiger partial charge in [-0.15, -0.1) is 0 Å². The number of amides is 1. The number of likely N-dealkylation sites (tertiary alicyclic amines) is 1. The average molecular weight is 395 g/mol. The minimum absolute atomic E-state index is 0.0299. The van der Waals surface area contributed by atoms with Gasteiger partial charge in [0.1, 0.15) is 5.76 Å². The molecule has 1 fully saturated rings. The normalized spacial score (nSPS) is 18.3. The van der Waals surface area contributed by atoms with E-state index < -0.39 is 17.7 Å². The van der Waals surface area contributed by atoms with Gasteiger partial charge in [-0.1, -0.05) is 56.2 Å². The van der Waals surface area contributed by atoms with Crippen molar-refractivity contribution in [3.63, 3.8) is 0 Å². The summed E-state index contributed by atoms with van der Waals surface area (Å²) >= 11 is 0. The number of phenolic OH excluding ortho intramolecular Hbond substituents is 1. The number of aliphatic hydroxyl groups is 1. The molecule has 6 nitrogen and oxygen atoms in total. The summed E-state index contributed by atoms with van der Waals surface area (Å²) < 4.78 is 5.10. The summed E-state index contributed by atoms with van der Waals surface area (Å²) in [6.07, 6.45) is 2.64. The van der Waals surface area contributed by atoms with Crippen molar-refractivity contribution in [3.05, 3.63) is 65.2 Å². The minimum atomic E-state index is -0.774. The Morgan fingerprint density at radius 2 is 1.83 bits per heavy atom. The molecule has 2 aromatic rings. The molecule has 3 rings (SSSR count). The summed E-state index contributed by atoms with van der Waals surface area (Å²) in [7, 11) is 1.45. The Kier molecular flexibility index (Phi) is 6.22. The standard InChI is InChI=1S/C23H25NO5/c1-3-4-8-13-24-20(16-11-12-18(29-2)17(25)14-16)19(22(27)23(24)28)21(26)15-9-6-5-7-10-15/h5-7,9-12,14,20,25-26H,3-4,8,13H2,1-2H3/b21-19-. The predicted octanol–water partition coefficient (Wildman–Crippen LogP) is 4.01. The second kappa shape index (κ2) is 8.82. The largest absolute Gasteiger partial charge is 0.507 e. The van der Waals surface area contributed by atoms with Crippen LogP contribution in [0.1, 0.15) is 43.4 Å². The molecule has 1 saturated heterocycles. The van der Waals surface area contributed by atoms with Crippen molar-refractivity contribution in [1.82, 2.24) is 4.90 Å². The number of hydrogen-bond donors (Lipinski definition) is 2. The number of nitrogens with zero attached hydrogens (tertiary/aromatic N) is 1. The highest BCUT2D eigenvalue weighted by Gasteiger charge is 2.45. The number of Topliss-reactive ketones (excluding diaryl/α,β-unsaturated/α-hetero) is 1. The molecule has 0 radical (unpaired) electrons. The Hall–Kier alpha value is -3.28. The summed E-state index contributed by atoms with van der Waals surface area (Å²) in [5, 5.41) is 21.1. The molecule has 1 aliphatic rings. The molecule has 2 aromatic carbocycles. The number of ether oxygens (including phenoxy) is 1. The molecule has 152 valence electrons. The zero-order valence-electron chi connectivity index (χ0n) is 16.6. The van der Waals surface area contributed by atoms with Gasteiger partial charge in [0.2, 0.25) is 0 Å². The smallest absolute Gasteiger partial charge is 0.295 e. The summed E-state index contributed by atoms with van der Waals surface area (Å²) in [6, 6.07) is 12.6. The molecule has 0 saturated carbocycles. The number of benzene rings is 2. The van der Waals surface area contributed by atoms with E-state index in [1.165, 1.54) is 18.1 Å². The van der Waals surface area contributed by atoms with E-state index in [-0.39, 0.29) is 17.1 Å². The number of unbranched alkanes of at least 4 members (excludes halogenated alkanes) is 2. The first-order chi connectivity index (χ1) is 14.0. The molecular weight excluding hydrogens is 370 g/mol. The van der Waals surface area contributed by atoms with Crippen molar-refractivity contribution in [2.45, 2.75) is 32.2 Å². The number of aliphatic hydroxyl groups excluding tert-OH is 1. The van der Waals surface area contributed by atoms with Crippen LogP contribution in [0, 0.1) is 0 Å². The fourth-order valence-electron chi connectivity index (χ4n) is 3.62. The maximum absolute atomic E-state index is 12.9. The van der Waals surface area contributed by atoms with Gasteiger partial charge >= 0.3 is 0 Å². The topological polar surface area (TPSA) is 87.1 Å². The maximum atomic E-state index is 12.9. The lowest BCUT2D eigenvalue weighted by Gasteiger charge is -2.25. The number of ketones is 1. The molecule has 1 atom stereocenters. The SMILES string of the molecule is CCCCCN1C(=O)C(=O)/C(=C(\O)c2ccccc2)C1c1ccc(OC)c(O)c1. The lowest BCUT2D eigenvalue weighted by molar-refractivity contribution is -0.139. The van der Waals surface area contributed by atoms with E-state index in [2.05, 4.69) is 6.92 Å². The average Bonchev–Trinajstić information content (AvgIpc) is 2.99. The van der Waals surface area contributed by atoms with Crippen LogP contribution in [0.5, 0.6) is 11.5 Å². The lowest BCUT2D eigenvalue weighted by atomic mass is 9.95.